The van der Waals surface area contributed by atoms with Crippen LogP contribution in [0.3, 0.4) is 0 Å². The van der Waals surface area contributed by atoms with Crippen molar-refractivity contribution in [2.24, 2.45) is 0 Å². The van der Waals surface area contributed by atoms with E-state index in [9.17, 15) is 4.79 Å². The monoisotopic (exact) mass is 416 g/mol. The number of aryl methyl sites for hydroxylation is 2. The second-order valence-corrected chi connectivity index (χ2v) is 8.24. The Labute approximate surface area is 172 Å². The molecule has 0 radical (unpaired) electrons. The minimum atomic E-state index is -0.141. The molecule has 9 heteroatoms. The summed E-state index contributed by atoms with van der Waals surface area (Å²) >= 11 is 7.93. The molecule has 3 heterocycles. The number of aromatic nitrogens is 4. The molecule has 0 saturated carbocycles. The average molecular weight is 417 g/mol. The van der Waals surface area contributed by atoms with Crippen molar-refractivity contribution in [3.63, 3.8) is 0 Å². The lowest BCUT2D eigenvalue weighted by Crippen LogP contribution is -2.48. The summed E-state index contributed by atoms with van der Waals surface area (Å²) in [7, 11) is 0. The molecule has 0 aliphatic carbocycles. The van der Waals surface area contributed by atoms with Gasteiger partial charge in [0.2, 0.25) is 5.82 Å². The zero-order chi connectivity index (χ0) is 19.7. The lowest BCUT2D eigenvalue weighted by Gasteiger charge is -2.33. The lowest BCUT2D eigenvalue weighted by molar-refractivity contribution is 0.0615. The van der Waals surface area contributed by atoms with E-state index in [-0.39, 0.29) is 11.7 Å². The van der Waals surface area contributed by atoms with Crippen LogP contribution >= 0.6 is 22.9 Å². The Balaban J connectivity index is 1.42. The van der Waals surface area contributed by atoms with E-state index in [0.29, 0.717) is 23.9 Å². The van der Waals surface area contributed by atoms with E-state index >= 15 is 0 Å². The van der Waals surface area contributed by atoms with Gasteiger partial charge in [-0.15, -0.1) is 16.4 Å². The normalized spacial score (nSPS) is 15.2. The van der Waals surface area contributed by atoms with Crippen molar-refractivity contribution in [1.29, 1.82) is 0 Å². The van der Waals surface area contributed by atoms with Gasteiger partial charge >= 0.3 is 0 Å². The van der Waals surface area contributed by atoms with Crippen molar-refractivity contribution in [2.45, 2.75) is 20.4 Å². The first-order chi connectivity index (χ1) is 13.5. The zero-order valence-corrected chi connectivity index (χ0v) is 17.4. The predicted octanol–water partition coefficient (Wildman–Crippen LogP) is 2.95. The Morgan fingerprint density at radius 2 is 1.89 bits per heavy atom. The molecule has 1 aliphatic rings. The van der Waals surface area contributed by atoms with Crippen LogP contribution in [0, 0.1) is 13.8 Å². The van der Waals surface area contributed by atoms with Gasteiger partial charge in [0.05, 0.1) is 21.4 Å². The number of thiazole rings is 1. The van der Waals surface area contributed by atoms with Gasteiger partial charge in [0, 0.05) is 38.1 Å². The van der Waals surface area contributed by atoms with Crippen molar-refractivity contribution >= 4 is 28.8 Å². The summed E-state index contributed by atoms with van der Waals surface area (Å²) in [4.78, 5) is 25.9. The summed E-state index contributed by atoms with van der Waals surface area (Å²) < 4.78 is 1.62. The molecule has 1 fully saturated rings. The SMILES string of the molecule is Cc1nc(CN2CCN(C(=O)c3nc(C)n(-c4ccccc4Cl)n3)CC2)cs1. The number of rotatable bonds is 4. The van der Waals surface area contributed by atoms with Gasteiger partial charge < -0.3 is 4.90 Å². The van der Waals surface area contributed by atoms with Crippen LogP contribution in [0.2, 0.25) is 5.02 Å². The first-order valence-electron chi connectivity index (χ1n) is 9.12. The number of hydrogen-bond acceptors (Lipinski definition) is 6. The molecular formula is C19H21ClN6OS. The molecule has 3 aromatic rings. The van der Waals surface area contributed by atoms with Gasteiger partial charge in [-0.1, -0.05) is 23.7 Å². The highest BCUT2D eigenvalue weighted by Crippen LogP contribution is 2.20. The summed E-state index contributed by atoms with van der Waals surface area (Å²) in [6.45, 7) is 7.59. The summed E-state index contributed by atoms with van der Waals surface area (Å²) in [5.41, 5.74) is 1.81. The second-order valence-electron chi connectivity index (χ2n) is 6.77. The quantitative estimate of drug-likeness (QED) is 0.654. The second kappa shape index (κ2) is 7.98. The molecule has 7 nitrogen and oxygen atoms in total. The fraction of sp³-hybridized carbons (Fsp3) is 0.368. The highest BCUT2D eigenvalue weighted by atomic mass is 35.5. The molecule has 1 aromatic carbocycles. The van der Waals surface area contributed by atoms with E-state index in [4.69, 9.17) is 11.6 Å². The molecule has 1 aliphatic heterocycles. The molecule has 1 saturated heterocycles. The molecule has 0 N–H and O–H groups in total. The van der Waals surface area contributed by atoms with Crippen LogP contribution in [0.15, 0.2) is 29.6 Å². The Morgan fingerprint density at radius 1 is 1.14 bits per heavy atom. The molecule has 0 atom stereocenters. The third-order valence-electron chi connectivity index (χ3n) is 4.75. The van der Waals surface area contributed by atoms with Crippen LogP contribution in [0.25, 0.3) is 5.69 Å². The molecule has 0 unspecified atom stereocenters. The Kier molecular flexibility index (Phi) is 5.43. The molecule has 0 bridgehead atoms. The summed E-state index contributed by atoms with van der Waals surface area (Å²) in [5.74, 6) is 0.702. The fourth-order valence-corrected chi connectivity index (χ4v) is 4.11. The minimum Gasteiger partial charge on any atom is -0.333 e. The largest absolute Gasteiger partial charge is 0.333 e. The first kappa shape index (κ1) is 19.0. The van der Waals surface area contributed by atoms with Gasteiger partial charge in [0.1, 0.15) is 5.82 Å². The number of nitrogens with zero attached hydrogens (tertiary/aromatic N) is 6. The van der Waals surface area contributed by atoms with Gasteiger partial charge in [-0.2, -0.15) is 0 Å². The van der Waals surface area contributed by atoms with Crippen LogP contribution in [-0.4, -0.2) is 61.6 Å². The van der Waals surface area contributed by atoms with Gasteiger partial charge in [-0.25, -0.2) is 14.6 Å². The Hall–Kier alpha value is -2.29. The van der Waals surface area contributed by atoms with E-state index < -0.39 is 0 Å². The Bertz CT molecular complexity index is 992. The van der Waals surface area contributed by atoms with Gasteiger partial charge in [0.25, 0.3) is 5.91 Å². The number of carbonyl (C=O) groups is 1. The number of piperazine rings is 1. The van der Waals surface area contributed by atoms with E-state index in [2.05, 4.69) is 25.3 Å². The van der Waals surface area contributed by atoms with Crippen molar-refractivity contribution in [1.82, 2.24) is 29.5 Å². The van der Waals surface area contributed by atoms with E-state index in [1.807, 2.05) is 36.9 Å². The predicted molar refractivity (Wildman–Crippen MR) is 109 cm³/mol. The number of para-hydroxylation sites is 1. The molecule has 0 spiro atoms. The zero-order valence-electron chi connectivity index (χ0n) is 15.8. The van der Waals surface area contributed by atoms with Crippen molar-refractivity contribution < 1.29 is 4.79 Å². The van der Waals surface area contributed by atoms with Crippen LogP contribution in [0.5, 0.6) is 0 Å². The molecular weight excluding hydrogens is 396 g/mol. The van der Waals surface area contributed by atoms with Crippen LogP contribution in [-0.2, 0) is 6.54 Å². The topological polar surface area (TPSA) is 67.2 Å². The maximum Gasteiger partial charge on any atom is 0.293 e. The number of amides is 1. The fourth-order valence-electron chi connectivity index (χ4n) is 3.29. The number of benzene rings is 1. The lowest BCUT2D eigenvalue weighted by atomic mass is 10.3. The van der Waals surface area contributed by atoms with Gasteiger partial charge in [-0.05, 0) is 26.0 Å². The van der Waals surface area contributed by atoms with Gasteiger partial charge in [-0.3, -0.25) is 9.69 Å². The van der Waals surface area contributed by atoms with E-state index in [1.165, 1.54) is 0 Å². The first-order valence-corrected chi connectivity index (χ1v) is 10.4. The molecule has 28 heavy (non-hydrogen) atoms. The third kappa shape index (κ3) is 3.94. The van der Waals surface area contributed by atoms with Crippen LogP contribution < -0.4 is 0 Å². The summed E-state index contributed by atoms with van der Waals surface area (Å²) in [6, 6.07) is 7.39. The number of carbonyl (C=O) groups excluding carboxylic acids is 1. The number of halogens is 1. The van der Waals surface area contributed by atoms with E-state index in [1.54, 1.807) is 22.1 Å². The number of hydrogen-bond donors (Lipinski definition) is 0. The minimum absolute atomic E-state index is 0.141. The maximum atomic E-state index is 12.9. The Morgan fingerprint density at radius 3 is 2.57 bits per heavy atom. The summed E-state index contributed by atoms with van der Waals surface area (Å²) in [6.07, 6.45) is 0. The highest BCUT2D eigenvalue weighted by Gasteiger charge is 2.26. The van der Waals surface area contributed by atoms with Crippen LogP contribution in [0.4, 0.5) is 0 Å². The van der Waals surface area contributed by atoms with Crippen molar-refractivity contribution in [3.8, 4) is 5.69 Å². The molecule has 146 valence electrons. The average Bonchev–Trinajstić information content (AvgIpc) is 3.28. The van der Waals surface area contributed by atoms with Crippen molar-refractivity contribution in [2.75, 3.05) is 26.2 Å². The highest BCUT2D eigenvalue weighted by molar-refractivity contribution is 7.09. The van der Waals surface area contributed by atoms with Crippen LogP contribution in [0.1, 0.15) is 27.1 Å². The van der Waals surface area contributed by atoms with E-state index in [0.717, 1.165) is 36.0 Å². The van der Waals surface area contributed by atoms with Gasteiger partial charge in [0.15, 0.2) is 0 Å². The molecule has 4 rings (SSSR count). The third-order valence-corrected chi connectivity index (χ3v) is 5.89. The smallest absolute Gasteiger partial charge is 0.293 e. The standard InChI is InChI=1S/C19H21ClN6OS/c1-13-21-18(23-26(13)17-6-4-3-5-16(17)20)19(27)25-9-7-24(8-10-25)11-15-12-28-14(2)22-15/h3-6,12H,7-11H2,1-2H3. The molecule has 2 aromatic heterocycles. The summed E-state index contributed by atoms with van der Waals surface area (Å²) in [5, 5.41) is 8.16. The maximum absolute atomic E-state index is 12.9. The molecule has 1 amide bonds. The van der Waals surface area contributed by atoms with Crippen molar-refractivity contribution in [3.05, 3.63) is 57.0 Å².